The van der Waals surface area contributed by atoms with E-state index < -0.39 is 0 Å². The molecule has 23 heavy (non-hydrogen) atoms. The fourth-order valence-corrected chi connectivity index (χ4v) is 3.63. The highest BCUT2D eigenvalue weighted by Gasteiger charge is 2.23. The molecule has 4 rings (SSSR count). The average Bonchev–Trinajstić information content (AvgIpc) is 2.58. The SMILES string of the molecule is CN1C(=O)CCc2cc(-c3cncc4c3CCCC4=O)ccc21. The van der Waals surface area contributed by atoms with Crippen molar-refractivity contribution in [2.75, 3.05) is 11.9 Å². The molecule has 1 aromatic heterocycles. The van der Waals surface area contributed by atoms with Crippen LogP contribution in [0.25, 0.3) is 11.1 Å². The number of pyridine rings is 1. The zero-order chi connectivity index (χ0) is 16.0. The van der Waals surface area contributed by atoms with Crippen molar-refractivity contribution in [3.63, 3.8) is 0 Å². The van der Waals surface area contributed by atoms with Crippen molar-refractivity contribution in [2.24, 2.45) is 0 Å². The van der Waals surface area contributed by atoms with E-state index in [2.05, 4.69) is 11.1 Å². The van der Waals surface area contributed by atoms with E-state index in [4.69, 9.17) is 0 Å². The van der Waals surface area contributed by atoms with Gasteiger partial charge >= 0.3 is 0 Å². The number of amides is 1. The summed E-state index contributed by atoms with van der Waals surface area (Å²) in [6, 6.07) is 6.19. The number of benzene rings is 1. The first-order valence-electron chi connectivity index (χ1n) is 8.05. The summed E-state index contributed by atoms with van der Waals surface area (Å²) in [7, 11) is 1.82. The number of Topliss-reactive ketones (excluding diaryl/α,β-unsaturated/α-hetero) is 1. The zero-order valence-corrected chi connectivity index (χ0v) is 13.1. The second-order valence-corrected chi connectivity index (χ2v) is 6.29. The third-order valence-electron chi connectivity index (χ3n) is 4.92. The van der Waals surface area contributed by atoms with E-state index in [-0.39, 0.29) is 11.7 Å². The van der Waals surface area contributed by atoms with Gasteiger partial charge in [0.2, 0.25) is 5.91 Å². The van der Waals surface area contributed by atoms with Crippen LogP contribution in [-0.4, -0.2) is 23.7 Å². The molecule has 1 aromatic carbocycles. The second kappa shape index (κ2) is 5.30. The number of carbonyl (C=O) groups is 2. The van der Waals surface area contributed by atoms with Crippen LogP contribution in [0.4, 0.5) is 5.69 Å². The van der Waals surface area contributed by atoms with Crippen molar-refractivity contribution in [1.82, 2.24) is 4.98 Å². The lowest BCUT2D eigenvalue weighted by atomic mass is 9.86. The normalized spacial score (nSPS) is 17.0. The molecule has 1 aliphatic heterocycles. The fourth-order valence-electron chi connectivity index (χ4n) is 3.63. The number of ketones is 1. The largest absolute Gasteiger partial charge is 0.315 e. The van der Waals surface area contributed by atoms with E-state index in [1.54, 1.807) is 11.1 Å². The van der Waals surface area contributed by atoms with Crippen LogP contribution in [0.1, 0.15) is 40.7 Å². The first-order valence-corrected chi connectivity index (χ1v) is 8.05. The average molecular weight is 306 g/mol. The smallest absolute Gasteiger partial charge is 0.227 e. The molecule has 2 heterocycles. The maximum atomic E-state index is 12.1. The molecule has 1 amide bonds. The van der Waals surface area contributed by atoms with Gasteiger partial charge in [0.05, 0.1) is 0 Å². The number of carbonyl (C=O) groups excluding carboxylic acids is 2. The Morgan fingerprint density at radius 2 is 1.83 bits per heavy atom. The van der Waals surface area contributed by atoms with Crippen molar-refractivity contribution in [3.8, 4) is 11.1 Å². The Bertz CT molecular complexity index is 826. The lowest BCUT2D eigenvalue weighted by molar-refractivity contribution is -0.118. The maximum Gasteiger partial charge on any atom is 0.227 e. The van der Waals surface area contributed by atoms with E-state index in [1.807, 2.05) is 25.4 Å². The van der Waals surface area contributed by atoms with Crippen LogP contribution < -0.4 is 4.90 Å². The standard InChI is InChI=1S/C19H18N2O2/c1-21-17-7-5-12(9-13(17)6-8-19(21)23)15-10-20-11-16-14(15)3-2-4-18(16)22/h5,7,9-11H,2-4,6,8H2,1H3. The molecular formula is C19H18N2O2. The van der Waals surface area contributed by atoms with Gasteiger partial charge in [-0.25, -0.2) is 0 Å². The molecule has 4 nitrogen and oxygen atoms in total. The van der Waals surface area contributed by atoms with Gasteiger partial charge in [-0.15, -0.1) is 0 Å². The summed E-state index contributed by atoms with van der Waals surface area (Å²) >= 11 is 0. The number of aromatic nitrogens is 1. The number of hydrogen-bond acceptors (Lipinski definition) is 3. The molecule has 4 heteroatoms. The Labute approximate surface area is 135 Å². The van der Waals surface area contributed by atoms with E-state index >= 15 is 0 Å². The molecule has 0 saturated heterocycles. The van der Waals surface area contributed by atoms with Gasteiger partial charge in [0.25, 0.3) is 0 Å². The van der Waals surface area contributed by atoms with Gasteiger partial charge < -0.3 is 4.90 Å². The summed E-state index contributed by atoms with van der Waals surface area (Å²) in [5.41, 5.74) is 6.21. The minimum atomic E-state index is 0.162. The predicted octanol–water partition coefficient (Wildman–Crippen LogP) is 3.18. The second-order valence-electron chi connectivity index (χ2n) is 6.29. The number of hydrogen-bond donors (Lipinski definition) is 0. The first-order chi connectivity index (χ1) is 11.1. The van der Waals surface area contributed by atoms with Crippen LogP contribution >= 0.6 is 0 Å². The van der Waals surface area contributed by atoms with Crippen LogP contribution in [0.15, 0.2) is 30.6 Å². The molecular weight excluding hydrogens is 288 g/mol. The highest BCUT2D eigenvalue weighted by atomic mass is 16.2. The van der Waals surface area contributed by atoms with Gasteiger partial charge in [-0.05, 0) is 48.1 Å². The third kappa shape index (κ3) is 2.25. The summed E-state index contributed by atoms with van der Waals surface area (Å²) < 4.78 is 0. The lowest BCUT2D eigenvalue weighted by Gasteiger charge is -2.26. The number of nitrogens with zero attached hydrogens (tertiary/aromatic N) is 2. The number of anilines is 1. The minimum Gasteiger partial charge on any atom is -0.315 e. The predicted molar refractivity (Wildman–Crippen MR) is 88.7 cm³/mol. The van der Waals surface area contributed by atoms with Crippen molar-refractivity contribution < 1.29 is 9.59 Å². The summed E-state index contributed by atoms with van der Waals surface area (Å²) in [6.07, 6.45) is 7.33. The molecule has 2 aromatic rings. The molecule has 0 unspecified atom stereocenters. The summed E-state index contributed by atoms with van der Waals surface area (Å²) in [4.78, 5) is 29.9. The summed E-state index contributed by atoms with van der Waals surface area (Å²) in [5, 5.41) is 0. The van der Waals surface area contributed by atoms with Crippen LogP contribution in [0.5, 0.6) is 0 Å². The number of fused-ring (bicyclic) bond motifs is 2. The molecule has 0 N–H and O–H groups in total. The fraction of sp³-hybridized carbons (Fsp3) is 0.316. The van der Waals surface area contributed by atoms with Crippen molar-refractivity contribution in [1.29, 1.82) is 0 Å². The van der Waals surface area contributed by atoms with Crippen LogP contribution in [-0.2, 0) is 17.6 Å². The molecule has 2 aliphatic rings. The van der Waals surface area contributed by atoms with Crippen LogP contribution in [0, 0.1) is 0 Å². The van der Waals surface area contributed by atoms with Crippen molar-refractivity contribution in [2.45, 2.75) is 32.1 Å². The Morgan fingerprint density at radius 1 is 1.00 bits per heavy atom. The monoisotopic (exact) mass is 306 g/mol. The summed E-state index contributed by atoms with van der Waals surface area (Å²) in [6.45, 7) is 0. The van der Waals surface area contributed by atoms with E-state index in [9.17, 15) is 9.59 Å². The molecule has 0 spiro atoms. The highest BCUT2D eigenvalue weighted by molar-refractivity contribution is 6.00. The Hall–Kier alpha value is -2.49. The van der Waals surface area contributed by atoms with Crippen LogP contribution in [0.3, 0.4) is 0 Å². The molecule has 0 fully saturated rings. The van der Waals surface area contributed by atoms with Crippen molar-refractivity contribution >= 4 is 17.4 Å². The first kappa shape index (κ1) is 14.1. The number of aryl methyl sites for hydroxylation is 1. The quantitative estimate of drug-likeness (QED) is 0.813. The lowest BCUT2D eigenvalue weighted by Crippen LogP contribution is -2.31. The van der Waals surface area contributed by atoms with Gasteiger partial charge in [-0.2, -0.15) is 0 Å². The topological polar surface area (TPSA) is 50.3 Å². The molecule has 0 bridgehead atoms. The molecule has 0 saturated carbocycles. The van der Waals surface area contributed by atoms with E-state index in [0.29, 0.717) is 12.8 Å². The third-order valence-corrected chi connectivity index (χ3v) is 4.92. The maximum absolute atomic E-state index is 12.1. The van der Waals surface area contributed by atoms with Gasteiger partial charge in [-0.3, -0.25) is 14.6 Å². The Balaban J connectivity index is 1.82. The molecule has 0 atom stereocenters. The van der Waals surface area contributed by atoms with E-state index in [0.717, 1.165) is 47.2 Å². The Morgan fingerprint density at radius 3 is 2.70 bits per heavy atom. The van der Waals surface area contributed by atoms with Gasteiger partial charge in [0.15, 0.2) is 5.78 Å². The zero-order valence-electron chi connectivity index (χ0n) is 13.1. The highest BCUT2D eigenvalue weighted by Crippen LogP contribution is 2.35. The molecule has 0 radical (unpaired) electrons. The van der Waals surface area contributed by atoms with Crippen LogP contribution in [0.2, 0.25) is 0 Å². The minimum absolute atomic E-state index is 0.162. The number of rotatable bonds is 1. The molecule has 116 valence electrons. The van der Waals surface area contributed by atoms with E-state index in [1.165, 1.54) is 5.56 Å². The Kier molecular flexibility index (Phi) is 3.26. The van der Waals surface area contributed by atoms with Gasteiger partial charge in [0.1, 0.15) is 0 Å². The van der Waals surface area contributed by atoms with Crippen molar-refractivity contribution in [3.05, 3.63) is 47.3 Å². The van der Waals surface area contributed by atoms with Gasteiger partial charge in [0, 0.05) is 49.1 Å². The molecule has 1 aliphatic carbocycles. The summed E-state index contributed by atoms with van der Waals surface area (Å²) in [5.74, 6) is 0.360. The van der Waals surface area contributed by atoms with Gasteiger partial charge in [-0.1, -0.05) is 6.07 Å².